The lowest BCUT2D eigenvalue weighted by Gasteiger charge is -2.36. The number of carbonyl (C=O) groups excluding carboxylic acids is 1. The molecule has 9 nitrogen and oxygen atoms in total. The fourth-order valence-corrected chi connectivity index (χ4v) is 6.43. The molecule has 0 radical (unpaired) electrons. The van der Waals surface area contributed by atoms with Crippen molar-refractivity contribution in [3.8, 4) is 11.1 Å². The summed E-state index contributed by atoms with van der Waals surface area (Å²) in [4.78, 5) is 27.5. The predicted octanol–water partition coefficient (Wildman–Crippen LogP) is 6.57. The van der Waals surface area contributed by atoms with E-state index in [-0.39, 0.29) is 31.1 Å². The minimum Gasteiger partial charge on any atom is -0.481 e. The van der Waals surface area contributed by atoms with Gasteiger partial charge in [0.2, 0.25) is 5.91 Å². The summed E-state index contributed by atoms with van der Waals surface area (Å²) in [5, 5.41) is 22.2. The molecule has 10 heteroatoms. The summed E-state index contributed by atoms with van der Waals surface area (Å²) in [5.74, 6) is -0.111. The standard InChI is InChI=1S/C36H41N3O6S/c1-39-20-19-37-36(39)46-24-30-21-32(27-13-11-25(23-40)12-14-27)45-35(44-30)28-17-15-26(16-18-28)31-8-6-5-7-29(31)22-38-33(41)9-3-2-4-10-34(42)43/h5-8,11-20,30,32,35,40H,2-4,9-10,21-24H2,1H3,(H,38,41)(H,42,43). The van der Waals surface area contributed by atoms with Crippen LogP contribution in [0.1, 0.15) is 73.2 Å². The Kier molecular flexibility index (Phi) is 12.0. The SMILES string of the molecule is Cn1ccnc1SCC1CC(c2ccc(CO)cc2)OC(c2ccc(-c3ccccc3CNC(=O)CCCCCC(=O)O)cc2)O1. The maximum Gasteiger partial charge on any atom is 0.303 e. The van der Waals surface area contributed by atoms with E-state index in [1.165, 1.54) is 0 Å². The van der Waals surface area contributed by atoms with E-state index in [1.807, 2.05) is 78.5 Å². The van der Waals surface area contributed by atoms with Crippen LogP contribution in [0.2, 0.25) is 0 Å². The van der Waals surface area contributed by atoms with Gasteiger partial charge < -0.3 is 29.6 Å². The maximum absolute atomic E-state index is 12.4. The fourth-order valence-electron chi connectivity index (χ4n) is 5.48. The van der Waals surface area contributed by atoms with E-state index in [9.17, 15) is 14.7 Å². The zero-order valence-corrected chi connectivity index (χ0v) is 26.8. The zero-order valence-electron chi connectivity index (χ0n) is 26.0. The minimum atomic E-state index is -0.804. The number of hydrogen-bond acceptors (Lipinski definition) is 7. The van der Waals surface area contributed by atoms with Gasteiger partial charge in [0.15, 0.2) is 11.4 Å². The number of unbranched alkanes of at least 4 members (excludes halogenated alkanes) is 2. The molecule has 3 aromatic carbocycles. The van der Waals surface area contributed by atoms with E-state index >= 15 is 0 Å². The van der Waals surface area contributed by atoms with Crippen LogP contribution in [-0.4, -0.2) is 43.5 Å². The first kappa shape index (κ1) is 33.4. The molecule has 0 bridgehead atoms. The number of carbonyl (C=O) groups is 2. The Morgan fingerprint density at radius 2 is 1.70 bits per heavy atom. The molecule has 46 heavy (non-hydrogen) atoms. The molecule has 0 spiro atoms. The largest absolute Gasteiger partial charge is 0.481 e. The van der Waals surface area contributed by atoms with Crippen molar-refractivity contribution in [2.45, 2.75) is 75.3 Å². The number of imidazole rings is 1. The third kappa shape index (κ3) is 9.29. The van der Waals surface area contributed by atoms with Crippen molar-refractivity contribution in [1.29, 1.82) is 0 Å². The number of aromatic nitrogens is 2. The molecule has 1 fully saturated rings. The third-order valence-electron chi connectivity index (χ3n) is 8.07. The molecule has 1 aromatic heterocycles. The average Bonchev–Trinajstić information content (AvgIpc) is 3.50. The van der Waals surface area contributed by atoms with Gasteiger partial charge in [-0.1, -0.05) is 91.0 Å². The number of nitrogens with one attached hydrogen (secondary N) is 1. The van der Waals surface area contributed by atoms with Gasteiger partial charge in [-0.25, -0.2) is 4.98 Å². The number of hydrogen-bond donors (Lipinski definition) is 3. The number of aliphatic carboxylic acids is 1. The lowest BCUT2D eigenvalue weighted by Crippen LogP contribution is -2.31. The van der Waals surface area contributed by atoms with Crippen LogP contribution in [-0.2, 0) is 39.3 Å². The Morgan fingerprint density at radius 1 is 0.957 bits per heavy atom. The number of rotatable bonds is 15. The van der Waals surface area contributed by atoms with Gasteiger partial charge in [-0.3, -0.25) is 9.59 Å². The summed E-state index contributed by atoms with van der Waals surface area (Å²) < 4.78 is 15.0. The van der Waals surface area contributed by atoms with Gasteiger partial charge in [0, 0.05) is 56.6 Å². The zero-order chi connectivity index (χ0) is 32.3. The molecular weight excluding hydrogens is 602 g/mol. The highest BCUT2D eigenvalue weighted by Crippen LogP contribution is 2.40. The van der Waals surface area contributed by atoms with Crippen molar-refractivity contribution >= 4 is 23.6 Å². The first-order valence-electron chi connectivity index (χ1n) is 15.7. The number of ether oxygens (including phenoxy) is 2. The van der Waals surface area contributed by atoms with Crippen LogP contribution < -0.4 is 5.32 Å². The summed E-state index contributed by atoms with van der Waals surface area (Å²) in [6.45, 7) is 0.408. The smallest absolute Gasteiger partial charge is 0.303 e. The van der Waals surface area contributed by atoms with Gasteiger partial charge in [0.25, 0.3) is 0 Å². The number of carboxylic acid groups (broad SMARTS) is 1. The van der Waals surface area contributed by atoms with E-state index in [2.05, 4.69) is 22.4 Å². The topological polar surface area (TPSA) is 123 Å². The third-order valence-corrected chi connectivity index (χ3v) is 9.26. The molecule has 2 heterocycles. The second kappa shape index (κ2) is 16.6. The second-order valence-electron chi connectivity index (χ2n) is 11.5. The maximum atomic E-state index is 12.4. The molecule has 1 saturated heterocycles. The van der Waals surface area contributed by atoms with Crippen LogP contribution in [0.15, 0.2) is 90.3 Å². The summed E-state index contributed by atoms with van der Waals surface area (Å²) in [5.41, 5.74) is 5.89. The van der Waals surface area contributed by atoms with E-state index in [0.717, 1.165) is 50.7 Å². The quantitative estimate of drug-likeness (QED) is 0.0983. The number of aliphatic hydroxyl groups excluding tert-OH is 1. The Balaban J connectivity index is 1.25. The van der Waals surface area contributed by atoms with Gasteiger partial charge >= 0.3 is 5.97 Å². The highest BCUT2D eigenvalue weighted by Gasteiger charge is 2.32. The summed E-state index contributed by atoms with van der Waals surface area (Å²) in [6, 6.07) is 24.1. The van der Waals surface area contributed by atoms with E-state index in [4.69, 9.17) is 14.6 Å². The molecule has 1 aliphatic heterocycles. The number of aliphatic hydroxyl groups is 1. The van der Waals surface area contributed by atoms with Crippen molar-refractivity contribution < 1.29 is 29.3 Å². The molecule has 0 saturated carbocycles. The molecule has 242 valence electrons. The van der Waals surface area contributed by atoms with E-state index in [1.54, 1.807) is 18.0 Å². The summed E-state index contributed by atoms with van der Waals surface area (Å²) in [7, 11) is 1.98. The van der Waals surface area contributed by atoms with E-state index < -0.39 is 12.3 Å². The highest BCUT2D eigenvalue weighted by molar-refractivity contribution is 7.99. The number of amides is 1. The van der Waals surface area contributed by atoms with Gasteiger partial charge in [0.1, 0.15) is 0 Å². The van der Waals surface area contributed by atoms with Crippen LogP contribution in [0.5, 0.6) is 0 Å². The first-order chi connectivity index (χ1) is 22.4. The Labute approximate surface area is 274 Å². The van der Waals surface area contributed by atoms with Crippen LogP contribution in [0.3, 0.4) is 0 Å². The molecule has 1 amide bonds. The van der Waals surface area contributed by atoms with Crippen LogP contribution in [0, 0.1) is 0 Å². The monoisotopic (exact) mass is 643 g/mol. The van der Waals surface area contributed by atoms with Crippen LogP contribution >= 0.6 is 11.8 Å². The number of benzene rings is 3. The van der Waals surface area contributed by atoms with Gasteiger partial charge in [-0.05, 0) is 40.7 Å². The molecule has 3 atom stereocenters. The molecule has 5 rings (SSSR count). The molecule has 0 aliphatic carbocycles. The molecule has 3 N–H and O–H groups in total. The molecular formula is C36H41N3O6S. The summed E-state index contributed by atoms with van der Waals surface area (Å²) >= 11 is 1.66. The van der Waals surface area contributed by atoms with Crippen molar-refractivity contribution in [2.24, 2.45) is 7.05 Å². The lowest BCUT2D eigenvalue weighted by atomic mass is 9.97. The number of aryl methyl sites for hydroxylation is 1. The Bertz CT molecular complexity index is 1570. The van der Waals surface area contributed by atoms with E-state index in [0.29, 0.717) is 32.2 Å². The predicted molar refractivity (Wildman–Crippen MR) is 177 cm³/mol. The molecule has 4 aromatic rings. The normalized spacial score (nSPS) is 17.9. The number of carboxylic acids is 1. The van der Waals surface area contributed by atoms with Crippen molar-refractivity contribution in [3.63, 3.8) is 0 Å². The van der Waals surface area contributed by atoms with Crippen molar-refractivity contribution in [2.75, 3.05) is 5.75 Å². The number of nitrogens with zero attached hydrogens (tertiary/aromatic N) is 2. The van der Waals surface area contributed by atoms with Gasteiger partial charge in [0.05, 0.1) is 18.8 Å². The second-order valence-corrected chi connectivity index (χ2v) is 12.5. The average molecular weight is 644 g/mol. The highest BCUT2D eigenvalue weighted by atomic mass is 32.2. The molecule has 3 unspecified atom stereocenters. The van der Waals surface area contributed by atoms with Crippen molar-refractivity contribution in [3.05, 3.63) is 107 Å². The van der Waals surface area contributed by atoms with Gasteiger partial charge in [-0.2, -0.15) is 0 Å². The number of thioether (sulfide) groups is 1. The van der Waals surface area contributed by atoms with Gasteiger partial charge in [-0.15, -0.1) is 0 Å². The first-order valence-corrected chi connectivity index (χ1v) is 16.7. The van der Waals surface area contributed by atoms with Crippen LogP contribution in [0.4, 0.5) is 0 Å². The molecule has 1 aliphatic rings. The minimum absolute atomic E-state index is 0.00149. The Morgan fingerprint density at radius 3 is 2.41 bits per heavy atom. The van der Waals surface area contributed by atoms with Crippen molar-refractivity contribution in [1.82, 2.24) is 14.9 Å². The van der Waals surface area contributed by atoms with Crippen LogP contribution in [0.25, 0.3) is 11.1 Å². The fraction of sp³-hybridized carbons (Fsp3) is 0.361. The summed E-state index contributed by atoms with van der Waals surface area (Å²) in [6.07, 6.45) is 6.14. The lowest BCUT2D eigenvalue weighted by molar-refractivity contribution is -0.245. The Hall–Kier alpha value is -3.96.